The normalized spacial score (nSPS) is 16.4. The Hall–Kier alpha value is -3.07. The number of pyridine rings is 1. The number of fused-ring (bicyclic) bond motifs is 1. The van der Waals surface area contributed by atoms with E-state index in [1.165, 1.54) is 11.3 Å². The smallest absolute Gasteiger partial charge is 0.259 e. The molecular weight excluding hydrogens is 402 g/mol. The molecule has 3 aromatic heterocycles. The highest BCUT2D eigenvalue weighted by Gasteiger charge is 2.34. The van der Waals surface area contributed by atoms with E-state index in [1.54, 1.807) is 17.3 Å². The van der Waals surface area contributed by atoms with Gasteiger partial charge in [0.25, 0.3) is 5.56 Å². The molecule has 0 saturated carbocycles. The number of aromatic amines is 1. The number of H-pyrrole nitrogens is 1. The van der Waals surface area contributed by atoms with Crippen LogP contribution in [0, 0.1) is 19.8 Å². The molecule has 2 N–H and O–H groups in total. The van der Waals surface area contributed by atoms with Crippen molar-refractivity contribution in [2.45, 2.75) is 33.2 Å². The zero-order valence-electron chi connectivity index (χ0n) is 16.9. The number of carbonyl (C=O) groups is 2. The molecule has 0 unspecified atom stereocenters. The predicted octanol–water partition coefficient (Wildman–Crippen LogP) is 1.70. The third-order valence-corrected chi connectivity index (χ3v) is 6.53. The van der Waals surface area contributed by atoms with Crippen molar-refractivity contribution in [2.75, 3.05) is 13.1 Å². The number of nitrogens with zero attached hydrogens (tertiary/aromatic N) is 3. The van der Waals surface area contributed by atoms with Crippen molar-refractivity contribution in [3.8, 4) is 0 Å². The average Bonchev–Trinajstić information content (AvgIpc) is 3.22. The van der Waals surface area contributed by atoms with Gasteiger partial charge < -0.3 is 15.2 Å². The van der Waals surface area contributed by atoms with Crippen LogP contribution in [0.4, 0.5) is 0 Å². The van der Waals surface area contributed by atoms with Crippen molar-refractivity contribution in [1.29, 1.82) is 0 Å². The third-order valence-electron chi connectivity index (χ3n) is 5.43. The van der Waals surface area contributed by atoms with Crippen LogP contribution < -0.4 is 10.9 Å². The summed E-state index contributed by atoms with van der Waals surface area (Å²) < 4.78 is 0. The van der Waals surface area contributed by atoms with Crippen molar-refractivity contribution in [2.24, 2.45) is 5.92 Å². The second-order valence-electron chi connectivity index (χ2n) is 7.55. The molecule has 0 spiro atoms. The average molecular weight is 426 g/mol. The molecule has 0 radical (unpaired) electrons. The maximum absolute atomic E-state index is 12.5. The summed E-state index contributed by atoms with van der Waals surface area (Å²) in [5.74, 6) is 0.00293. The number of thiophene rings is 1. The molecule has 0 bridgehead atoms. The third kappa shape index (κ3) is 4.11. The van der Waals surface area contributed by atoms with Gasteiger partial charge in [-0.3, -0.25) is 19.4 Å². The van der Waals surface area contributed by atoms with Crippen molar-refractivity contribution < 1.29 is 9.59 Å². The fourth-order valence-corrected chi connectivity index (χ4v) is 4.73. The first kappa shape index (κ1) is 20.2. The van der Waals surface area contributed by atoms with E-state index in [0.29, 0.717) is 37.3 Å². The first-order valence-corrected chi connectivity index (χ1v) is 10.7. The Kier molecular flexibility index (Phi) is 5.63. The van der Waals surface area contributed by atoms with E-state index in [9.17, 15) is 14.4 Å². The molecule has 0 aromatic carbocycles. The quantitative estimate of drug-likeness (QED) is 0.625. The minimum absolute atomic E-state index is 0.0288. The molecule has 8 nitrogen and oxygen atoms in total. The molecular formula is C21H23N5O3S. The molecule has 4 heterocycles. The Morgan fingerprint density at radius 3 is 2.97 bits per heavy atom. The van der Waals surface area contributed by atoms with E-state index in [0.717, 1.165) is 20.8 Å². The Labute approximate surface area is 177 Å². The van der Waals surface area contributed by atoms with Gasteiger partial charge in [-0.05, 0) is 31.0 Å². The monoisotopic (exact) mass is 425 g/mol. The number of nitrogens with one attached hydrogen (secondary N) is 2. The van der Waals surface area contributed by atoms with Gasteiger partial charge in [-0.1, -0.05) is 6.07 Å². The maximum atomic E-state index is 12.5. The van der Waals surface area contributed by atoms with Gasteiger partial charge >= 0.3 is 0 Å². The number of amides is 2. The summed E-state index contributed by atoms with van der Waals surface area (Å²) in [5.41, 5.74) is 1.76. The molecule has 1 atom stereocenters. The summed E-state index contributed by atoms with van der Waals surface area (Å²) in [5, 5.41) is 3.52. The number of carbonyl (C=O) groups excluding carboxylic acids is 2. The molecule has 1 fully saturated rings. The van der Waals surface area contributed by atoms with Crippen molar-refractivity contribution in [3.05, 3.63) is 56.7 Å². The van der Waals surface area contributed by atoms with Crippen molar-refractivity contribution in [3.63, 3.8) is 0 Å². The lowest BCUT2D eigenvalue weighted by atomic mass is 10.1. The van der Waals surface area contributed by atoms with E-state index >= 15 is 0 Å². The van der Waals surface area contributed by atoms with Gasteiger partial charge in [0.2, 0.25) is 11.8 Å². The second kappa shape index (κ2) is 8.35. The van der Waals surface area contributed by atoms with Crippen LogP contribution in [0.2, 0.25) is 0 Å². The molecule has 30 heavy (non-hydrogen) atoms. The van der Waals surface area contributed by atoms with E-state index in [-0.39, 0.29) is 29.7 Å². The molecule has 9 heteroatoms. The van der Waals surface area contributed by atoms with Gasteiger partial charge in [-0.2, -0.15) is 0 Å². The lowest BCUT2D eigenvalue weighted by Crippen LogP contribution is -2.34. The fourth-order valence-electron chi connectivity index (χ4n) is 3.68. The summed E-state index contributed by atoms with van der Waals surface area (Å²) in [7, 11) is 0. The zero-order valence-corrected chi connectivity index (χ0v) is 17.7. The predicted molar refractivity (Wildman–Crippen MR) is 114 cm³/mol. The molecule has 2 amide bonds. The second-order valence-corrected chi connectivity index (χ2v) is 8.76. The van der Waals surface area contributed by atoms with Crippen molar-refractivity contribution >= 4 is 33.4 Å². The molecule has 1 aliphatic heterocycles. The molecule has 1 aliphatic rings. The number of likely N-dealkylation sites (tertiary alicyclic amines) is 1. The minimum Gasteiger partial charge on any atom is -0.355 e. The van der Waals surface area contributed by atoms with Crippen LogP contribution in [0.5, 0.6) is 0 Å². The van der Waals surface area contributed by atoms with Crippen LogP contribution in [0.3, 0.4) is 0 Å². The number of hydrogen-bond donors (Lipinski definition) is 2. The number of hydrogen-bond acceptors (Lipinski definition) is 6. The van der Waals surface area contributed by atoms with Gasteiger partial charge in [-0.15, -0.1) is 11.3 Å². The van der Waals surface area contributed by atoms with Crippen molar-refractivity contribution in [1.82, 2.24) is 25.2 Å². The van der Waals surface area contributed by atoms with Gasteiger partial charge in [0.15, 0.2) is 0 Å². The Morgan fingerprint density at radius 2 is 2.20 bits per heavy atom. The van der Waals surface area contributed by atoms with Crippen LogP contribution in [0.15, 0.2) is 29.3 Å². The Morgan fingerprint density at radius 1 is 1.37 bits per heavy atom. The van der Waals surface area contributed by atoms with Gasteiger partial charge in [0.1, 0.15) is 10.7 Å². The highest BCUT2D eigenvalue weighted by Crippen LogP contribution is 2.25. The lowest BCUT2D eigenvalue weighted by molar-refractivity contribution is -0.129. The molecule has 0 aliphatic carbocycles. The number of aromatic nitrogens is 3. The summed E-state index contributed by atoms with van der Waals surface area (Å²) >= 11 is 1.50. The van der Waals surface area contributed by atoms with Crippen LogP contribution in [-0.2, 0) is 22.6 Å². The van der Waals surface area contributed by atoms with E-state index in [2.05, 4.69) is 20.3 Å². The lowest BCUT2D eigenvalue weighted by Gasteiger charge is -2.16. The van der Waals surface area contributed by atoms with Gasteiger partial charge in [0.05, 0.1) is 11.3 Å². The number of aryl methyl sites for hydroxylation is 2. The first-order chi connectivity index (χ1) is 14.4. The van der Waals surface area contributed by atoms with Gasteiger partial charge in [-0.25, -0.2) is 4.98 Å². The largest absolute Gasteiger partial charge is 0.355 e. The summed E-state index contributed by atoms with van der Waals surface area (Å²) in [6, 6.07) is 3.74. The summed E-state index contributed by atoms with van der Waals surface area (Å²) in [4.78, 5) is 52.0. The van der Waals surface area contributed by atoms with E-state index in [1.807, 2.05) is 26.0 Å². The fraction of sp³-hybridized carbons (Fsp3) is 0.381. The highest BCUT2D eigenvalue weighted by molar-refractivity contribution is 7.18. The molecule has 4 rings (SSSR count). The van der Waals surface area contributed by atoms with E-state index < -0.39 is 0 Å². The summed E-state index contributed by atoms with van der Waals surface area (Å²) in [6.45, 7) is 5.10. The molecule has 3 aromatic rings. The van der Waals surface area contributed by atoms with Gasteiger partial charge in [0, 0.05) is 49.7 Å². The topological polar surface area (TPSA) is 108 Å². The standard InChI is InChI=1S/C21H23N5O3S/c1-12-13(2)30-21-18(12)20(29)24-16(25-21)5-7-23-19(28)15-8-17(27)26(11-15)10-14-4-3-6-22-9-14/h3-4,6,9,15H,5,7-8,10-11H2,1-2H3,(H,23,28)(H,24,25,29)/t15-/m1/s1. The minimum atomic E-state index is -0.369. The van der Waals surface area contributed by atoms with Crippen LogP contribution in [-0.4, -0.2) is 44.8 Å². The van der Waals surface area contributed by atoms with E-state index in [4.69, 9.17) is 0 Å². The molecule has 156 valence electrons. The highest BCUT2D eigenvalue weighted by atomic mass is 32.1. The van der Waals surface area contributed by atoms with Crippen LogP contribution in [0.25, 0.3) is 10.2 Å². The Balaban J connectivity index is 1.32. The Bertz CT molecular complexity index is 1150. The summed E-state index contributed by atoms with van der Waals surface area (Å²) in [6.07, 6.45) is 4.04. The van der Waals surface area contributed by atoms with Crippen LogP contribution >= 0.6 is 11.3 Å². The zero-order chi connectivity index (χ0) is 21.3. The SMILES string of the molecule is Cc1sc2nc(CCNC(=O)[C@@H]3CC(=O)N(Cc4cccnc4)C3)[nH]c(=O)c2c1C. The van der Waals surface area contributed by atoms with Crippen LogP contribution in [0.1, 0.15) is 28.2 Å². The number of rotatable bonds is 6. The molecule has 1 saturated heterocycles. The maximum Gasteiger partial charge on any atom is 0.259 e. The first-order valence-electron chi connectivity index (χ1n) is 9.85.